The molecule has 2 heterocycles. The first kappa shape index (κ1) is 17.3. The number of para-hydroxylation sites is 2. The van der Waals surface area contributed by atoms with E-state index in [2.05, 4.69) is 15.3 Å². The molecular formula is C21H22N4O2. The van der Waals surface area contributed by atoms with E-state index in [1.165, 1.54) is 5.56 Å². The fourth-order valence-electron chi connectivity index (χ4n) is 3.42. The molecular weight excluding hydrogens is 340 g/mol. The van der Waals surface area contributed by atoms with Crippen LogP contribution in [-0.2, 0) is 22.7 Å². The number of nitrogens with one attached hydrogen (secondary N) is 2. The van der Waals surface area contributed by atoms with Gasteiger partial charge in [-0.15, -0.1) is 0 Å². The molecule has 2 aromatic carbocycles. The number of hydrogen-bond acceptors (Lipinski definition) is 3. The van der Waals surface area contributed by atoms with E-state index >= 15 is 0 Å². The number of amides is 2. The molecule has 1 aromatic heterocycles. The number of imidazole rings is 1. The lowest BCUT2D eigenvalue weighted by Gasteiger charge is -2.16. The van der Waals surface area contributed by atoms with Gasteiger partial charge in [0.05, 0.1) is 23.5 Å². The number of fused-ring (bicyclic) bond motifs is 1. The Hall–Kier alpha value is -3.15. The molecule has 1 aliphatic rings. The summed E-state index contributed by atoms with van der Waals surface area (Å²) in [4.78, 5) is 34.2. The van der Waals surface area contributed by atoms with E-state index in [0.717, 1.165) is 16.6 Å². The number of carbonyl (C=O) groups is 2. The standard InChI is InChI=1S/C21H22N4O2/c1-14-6-8-15(9-7-14)12-25-13-16(10-20(25)26)21(27)22-11-19-23-17-4-2-3-5-18(17)24-19/h2-9,16H,10-13H2,1H3,(H,22,27)(H,23,24). The minimum atomic E-state index is -0.313. The zero-order valence-corrected chi connectivity index (χ0v) is 15.2. The second-order valence-corrected chi connectivity index (χ2v) is 7.08. The molecule has 0 saturated carbocycles. The van der Waals surface area contributed by atoms with Crippen molar-refractivity contribution >= 4 is 22.8 Å². The van der Waals surface area contributed by atoms with Crippen LogP contribution in [0.3, 0.4) is 0 Å². The number of benzene rings is 2. The monoisotopic (exact) mass is 362 g/mol. The van der Waals surface area contributed by atoms with E-state index in [0.29, 0.717) is 25.5 Å². The minimum Gasteiger partial charge on any atom is -0.349 e. The van der Waals surface area contributed by atoms with Gasteiger partial charge in [-0.2, -0.15) is 0 Å². The minimum absolute atomic E-state index is 0.0273. The summed E-state index contributed by atoms with van der Waals surface area (Å²) in [5, 5.41) is 2.90. The number of rotatable bonds is 5. The van der Waals surface area contributed by atoms with E-state index in [1.54, 1.807) is 4.90 Å². The fourth-order valence-corrected chi connectivity index (χ4v) is 3.42. The van der Waals surface area contributed by atoms with Gasteiger partial charge >= 0.3 is 0 Å². The highest BCUT2D eigenvalue weighted by molar-refractivity contribution is 5.89. The second-order valence-electron chi connectivity index (χ2n) is 7.08. The Labute approximate surface area is 157 Å². The number of aromatic amines is 1. The molecule has 4 rings (SSSR count). The molecule has 2 amide bonds. The van der Waals surface area contributed by atoms with Crippen LogP contribution in [0, 0.1) is 12.8 Å². The molecule has 2 N–H and O–H groups in total. The maximum Gasteiger partial charge on any atom is 0.225 e. The molecule has 0 radical (unpaired) electrons. The van der Waals surface area contributed by atoms with Gasteiger partial charge in [-0.1, -0.05) is 42.0 Å². The predicted molar refractivity (Wildman–Crippen MR) is 103 cm³/mol. The van der Waals surface area contributed by atoms with Gasteiger partial charge in [0.15, 0.2) is 0 Å². The molecule has 0 bridgehead atoms. The highest BCUT2D eigenvalue weighted by Crippen LogP contribution is 2.21. The molecule has 0 spiro atoms. The topological polar surface area (TPSA) is 78.1 Å². The first-order valence-electron chi connectivity index (χ1n) is 9.13. The van der Waals surface area contributed by atoms with Gasteiger partial charge in [0, 0.05) is 19.5 Å². The quantitative estimate of drug-likeness (QED) is 0.732. The lowest BCUT2D eigenvalue weighted by molar-refractivity contribution is -0.129. The largest absolute Gasteiger partial charge is 0.349 e. The first-order chi connectivity index (χ1) is 13.1. The average Bonchev–Trinajstić information content (AvgIpc) is 3.25. The third kappa shape index (κ3) is 3.84. The number of nitrogens with zero attached hydrogens (tertiary/aromatic N) is 2. The molecule has 27 heavy (non-hydrogen) atoms. The zero-order chi connectivity index (χ0) is 18.8. The molecule has 3 aromatic rings. The van der Waals surface area contributed by atoms with E-state index < -0.39 is 0 Å². The van der Waals surface area contributed by atoms with Crippen LogP contribution >= 0.6 is 0 Å². The van der Waals surface area contributed by atoms with E-state index in [1.807, 2.05) is 55.5 Å². The van der Waals surface area contributed by atoms with Gasteiger partial charge < -0.3 is 15.2 Å². The average molecular weight is 362 g/mol. The van der Waals surface area contributed by atoms with Gasteiger partial charge in [-0.3, -0.25) is 9.59 Å². The van der Waals surface area contributed by atoms with Crippen LogP contribution in [0.25, 0.3) is 11.0 Å². The van der Waals surface area contributed by atoms with Crippen LogP contribution in [0.4, 0.5) is 0 Å². The lowest BCUT2D eigenvalue weighted by Crippen LogP contribution is -2.32. The Bertz CT molecular complexity index is 944. The Morgan fingerprint density at radius 1 is 1.22 bits per heavy atom. The van der Waals surface area contributed by atoms with Gasteiger partial charge in [-0.05, 0) is 24.6 Å². The summed E-state index contributed by atoms with van der Waals surface area (Å²) in [6.45, 7) is 3.37. The molecule has 1 fully saturated rings. The van der Waals surface area contributed by atoms with Crippen LogP contribution in [0.2, 0.25) is 0 Å². The number of aromatic nitrogens is 2. The van der Waals surface area contributed by atoms with Crippen molar-refractivity contribution in [3.8, 4) is 0 Å². The molecule has 1 saturated heterocycles. The summed E-state index contributed by atoms with van der Waals surface area (Å²) >= 11 is 0. The third-order valence-corrected chi connectivity index (χ3v) is 4.95. The molecule has 1 atom stereocenters. The molecule has 6 nitrogen and oxygen atoms in total. The van der Waals surface area contributed by atoms with E-state index in [4.69, 9.17) is 0 Å². The van der Waals surface area contributed by atoms with Gasteiger partial charge in [0.2, 0.25) is 11.8 Å². The van der Waals surface area contributed by atoms with Crippen molar-refractivity contribution in [1.82, 2.24) is 20.2 Å². The number of aryl methyl sites for hydroxylation is 1. The fraction of sp³-hybridized carbons (Fsp3) is 0.286. The highest BCUT2D eigenvalue weighted by atomic mass is 16.2. The van der Waals surface area contributed by atoms with Gasteiger partial charge in [0.25, 0.3) is 0 Å². The van der Waals surface area contributed by atoms with E-state index in [-0.39, 0.29) is 24.2 Å². The summed E-state index contributed by atoms with van der Waals surface area (Å²) in [6, 6.07) is 15.9. The smallest absolute Gasteiger partial charge is 0.225 e. The summed E-state index contributed by atoms with van der Waals surface area (Å²) in [5.41, 5.74) is 4.09. The van der Waals surface area contributed by atoms with Crippen LogP contribution < -0.4 is 5.32 Å². The number of hydrogen-bond donors (Lipinski definition) is 2. The summed E-state index contributed by atoms with van der Waals surface area (Å²) < 4.78 is 0. The number of carbonyl (C=O) groups excluding carboxylic acids is 2. The number of H-pyrrole nitrogens is 1. The molecule has 0 aliphatic carbocycles. The first-order valence-corrected chi connectivity index (χ1v) is 9.13. The van der Waals surface area contributed by atoms with Crippen LogP contribution in [-0.4, -0.2) is 33.2 Å². The third-order valence-electron chi connectivity index (χ3n) is 4.95. The normalized spacial score (nSPS) is 16.9. The molecule has 138 valence electrons. The second kappa shape index (κ2) is 7.23. The van der Waals surface area contributed by atoms with Gasteiger partial charge in [0.1, 0.15) is 5.82 Å². The predicted octanol–water partition coefficient (Wildman–Crippen LogP) is 2.54. The van der Waals surface area contributed by atoms with Crippen molar-refractivity contribution in [3.05, 3.63) is 65.5 Å². The Balaban J connectivity index is 1.33. The summed E-state index contributed by atoms with van der Waals surface area (Å²) in [5.74, 6) is 0.326. The Kier molecular flexibility index (Phi) is 4.62. The molecule has 1 aliphatic heterocycles. The van der Waals surface area contributed by atoms with Crippen LogP contribution in [0.15, 0.2) is 48.5 Å². The molecule has 6 heteroatoms. The van der Waals surface area contributed by atoms with Crippen molar-refractivity contribution in [2.75, 3.05) is 6.54 Å². The summed E-state index contributed by atoms with van der Waals surface area (Å²) in [7, 11) is 0. The van der Waals surface area contributed by atoms with Crippen LogP contribution in [0.1, 0.15) is 23.4 Å². The highest BCUT2D eigenvalue weighted by Gasteiger charge is 2.34. The number of likely N-dealkylation sites (tertiary alicyclic amines) is 1. The van der Waals surface area contributed by atoms with Crippen molar-refractivity contribution in [2.45, 2.75) is 26.4 Å². The maximum atomic E-state index is 12.5. The lowest BCUT2D eigenvalue weighted by atomic mass is 10.1. The van der Waals surface area contributed by atoms with Crippen LogP contribution in [0.5, 0.6) is 0 Å². The Morgan fingerprint density at radius 2 is 2.00 bits per heavy atom. The SMILES string of the molecule is Cc1ccc(CN2CC(C(=O)NCc3nc4ccccc4[nH]3)CC2=O)cc1. The summed E-state index contributed by atoms with van der Waals surface area (Å²) in [6.07, 6.45) is 0.262. The zero-order valence-electron chi connectivity index (χ0n) is 15.2. The van der Waals surface area contributed by atoms with E-state index in [9.17, 15) is 9.59 Å². The van der Waals surface area contributed by atoms with Crippen molar-refractivity contribution in [1.29, 1.82) is 0 Å². The van der Waals surface area contributed by atoms with Crippen molar-refractivity contribution < 1.29 is 9.59 Å². The Morgan fingerprint density at radius 3 is 2.78 bits per heavy atom. The molecule has 1 unspecified atom stereocenters. The van der Waals surface area contributed by atoms with Crippen molar-refractivity contribution in [2.24, 2.45) is 5.92 Å². The van der Waals surface area contributed by atoms with Crippen molar-refractivity contribution in [3.63, 3.8) is 0 Å². The maximum absolute atomic E-state index is 12.5. The van der Waals surface area contributed by atoms with Gasteiger partial charge in [-0.25, -0.2) is 4.98 Å².